The van der Waals surface area contributed by atoms with Crippen molar-refractivity contribution in [3.05, 3.63) is 29.8 Å². The van der Waals surface area contributed by atoms with Gasteiger partial charge >= 0.3 is 0 Å². The van der Waals surface area contributed by atoms with E-state index in [1.165, 1.54) is 5.56 Å². The Morgan fingerprint density at radius 1 is 1.12 bits per heavy atom. The molecule has 0 aliphatic carbocycles. The normalized spacial score (nSPS) is 14.0. The summed E-state index contributed by atoms with van der Waals surface area (Å²) >= 11 is 0. The van der Waals surface area contributed by atoms with Crippen LogP contribution in [0.15, 0.2) is 24.3 Å². The molecule has 2 nitrogen and oxygen atoms in total. The largest absolute Gasteiger partial charge is 0.508 e. The van der Waals surface area contributed by atoms with E-state index in [1.807, 2.05) is 12.1 Å². The van der Waals surface area contributed by atoms with Gasteiger partial charge in [-0.3, -0.25) is 0 Å². The first-order valence-electron chi connectivity index (χ1n) is 6.35. The van der Waals surface area contributed by atoms with E-state index in [-0.39, 0.29) is 0 Å². The maximum absolute atomic E-state index is 9.25. The zero-order valence-electron chi connectivity index (χ0n) is 11.6. The first-order valence-corrected chi connectivity index (χ1v) is 6.35. The second-order valence-electron chi connectivity index (χ2n) is 5.84. The molecular formula is C15H25NO. The van der Waals surface area contributed by atoms with E-state index in [9.17, 15) is 5.11 Å². The molecule has 0 bridgehead atoms. The van der Waals surface area contributed by atoms with Gasteiger partial charge in [-0.1, -0.05) is 39.8 Å². The van der Waals surface area contributed by atoms with Crippen LogP contribution in [0.2, 0.25) is 0 Å². The third-order valence-corrected chi connectivity index (χ3v) is 3.82. The van der Waals surface area contributed by atoms with Crippen LogP contribution in [-0.2, 0) is 0 Å². The third kappa shape index (κ3) is 4.04. The predicted octanol–water partition coefficient (Wildman–Crippen LogP) is 3.73. The molecule has 17 heavy (non-hydrogen) atoms. The second-order valence-corrected chi connectivity index (χ2v) is 5.84. The second kappa shape index (κ2) is 5.54. The SMILES string of the molecule is CC(NCC(C)(C)C(C)C)c1ccc(O)cc1. The molecule has 0 saturated heterocycles. The maximum atomic E-state index is 9.25. The molecule has 0 fully saturated rings. The van der Waals surface area contributed by atoms with Gasteiger partial charge in [-0.15, -0.1) is 0 Å². The average Bonchev–Trinajstić information content (AvgIpc) is 2.27. The van der Waals surface area contributed by atoms with Gasteiger partial charge in [0.1, 0.15) is 5.75 Å². The maximum Gasteiger partial charge on any atom is 0.115 e. The molecule has 1 unspecified atom stereocenters. The number of rotatable bonds is 5. The summed E-state index contributed by atoms with van der Waals surface area (Å²) in [6, 6.07) is 7.72. The number of hydrogen-bond acceptors (Lipinski definition) is 2. The van der Waals surface area contributed by atoms with Crippen LogP contribution in [-0.4, -0.2) is 11.7 Å². The van der Waals surface area contributed by atoms with Gasteiger partial charge in [-0.05, 0) is 36.0 Å². The molecule has 2 N–H and O–H groups in total. The molecular weight excluding hydrogens is 210 g/mol. The number of nitrogens with one attached hydrogen (secondary N) is 1. The number of phenolic OH excluding ortho intramolecular Hbond substituents is 1. The molecule has 1 atom stereocenters. The average molecular weight is 235 g/mol. The van der Waals surface area contributed by atoms with E-state index >= 15 is 0 Å². The van der Waals surface area contributed by atoms with Crippen LogP contribution >= 0.6 is 0 Å². The Bertz CT molecular complexity index is 340. The van der Waals surface area contributed by atoms with Crippen molar-refractivity contribution in [1.82, 2.24) is 5.32 Å². The Balaban J connectivity index is 2.55. The molecule has 1 aromatic rings. The van der Waals surface area contributed by atoms with Crippen LogP contribution in [0.4, 0.5) is 0 Å². The number of benzene rings is 1. The molecule has 0 heterocycles. The van der Waals surface area contributed by atoms with Gasteiger partial charge < -0.3 is 10.4 Å². The highest BCUT2D eigenvalue weighted by Gasteiger charge is 2.22. The predicted molar refractivity (Wildman–Crippen MR) is 73.1 cm³/mol. The fourth-order valence-electron chi connectivity index (χ4n) is 1.50. The van der Waals surface area contributed by atoms with E-state index in [2.05, 4.69) is 39.9 Å². The first-order chi connectivity index (χ1) is 7.83. The summed E-state index contributed by atoms with van der Waals surface area (Å²) in [4.78, 5) is 0. The molecule has 0 radical (unpaired) electrons. The molecule has 1 rings (SSSR count). The van der Waals surface area contributed by atoms with Gasteiger partial charge in [0.2, 0.25) is 0 Å². The lowest BCUT2D eigenvalue weighted by Crippen LogP contribution is -2.34. The lowest BCUT2D eigenvalue weighted by molar-refractivity contribution is 0.230. The van der Waals surface area contributed by atoms with Crippen LogP contribution in [0.1, 0.15) is 46.2 Å². The zero-order valence-corrected chi connectivity index (χ0v) is 11.6. The lowest BCUT2D eigenvalue weighted by atomic mass is 9.81. The van der Waals surface area contributed by atoms with Crippen LogP contribution in [0.5, 0.6) is 5.75 Å². The first kappa shape index (κ1) is 14.0. The highest BCUT2D eigenvalue weighted by atomic mass is 16.3. The van der Waals surface area contributed by atoms with Crippen LogP contribution in [0, 0.1) is 11.3 Å². The number of hydrogen-bond donors (Lipinski definition) is 2. The lowest BCUT2D eigenvalue weighted by Gasteiger charge is -2.31. The Morgan fingerprint density at radius 2 is 1.65 bits per heavy atom. The smallest absolute Gasteiger partial charge is 0.115 e. The minimum Gasteiger partial charge on any atom is -0.508 e. The number of phenols is 1. The van der Waals surface area contributed by atoms with E-state index < -0.39 is 0 Å². The minimum absolute atomic E-state index is 0.297. The fraction of sp³-hybridized carbons (Fsp3) is 0.600. The summed E-state index contributed by atoms with van der Waals surface area (Å²) in [5.41, 5.74) is 1.51. The Kier molecular flexibility index (Phi) is 4.58. The van der Waals surface area contributed by atoms with Crippen molar-refractivity contribution in [2.45, 2.75) is 40.7 Å². The summed E-state index contributed by atoms with van der Waals surface area (Å²) in [6.45, 7) is 12.2. The topological polar surface area (TPSA) is 32.3 Å². The van der Waals surface area contributed by atoms with E-state index in [4.69, 9.17) is 0 Å². The van der Waals surface area contributed by atoms with Crippen molar-refractivity contribution < 1.29 is 5.11 Å². The molecule has 2 heteroatoms. The van der Waals surface area contributed by atoms with Crippen molar-refractivity contribution in [2.75, 3.05) is 6.54 Å². The highest BCUT2D eigenvalue weighted by molar-refractivity contribution is 5.27. The zero-order chi connectivity index (χ0) is 13.1. The Morgan fingerprint density at radius 3 is 2.12 bits per heavy atom. The van der Waals surface area contributed by atoms with Crippen LogP contribution < -0.4 is 5.32 Å². The highest BCUT2D eigenvalue weighted by Crippen LogP contribution is 2.26. The Labute approximate surface area is 105 Å². The molecule has 0 amide bonds. The minimum atomic E-state index is 0.297. The Hall–Kier alpha value is -1.02. The molecule has 0 aliphatic rings. The fourth-order valence-corrected chi connectivity index (χ4v) is 1.50. The molecule has 0 spiro atoms. The van der Waals surface area contributed by atoms with E-state index in [1.54, 1.807) is 12.1 Å². The standard InChI is InChI=1S/C15H25NO/c1-11(2)15(4,5)10-16-12(3)13-6-8-14(17)9-7-13/h6-9,11-12,16-17H,10H2,1-5H3. The summed E-state index contributed by atoms with van der Waals surface area (Å²) in [5.74, 6) is 0.977. The monoisotopic (exact) mass is 235 g/mol. The molecule has 0 aromatic heterocycles. The van der Waals surface area contributed by atoms with Gasteiger partial charge in [0, 0.05) is 12.6 Å². The van der Waals surface area contributed by atoms with Gasteiger partial charge in [-0.2, -0.15) is 0 Å². The van der Waals surface area contributed by atoms with Gasteiger partial charge in [0.05, 0.1) is 0 Å². The van der Waals surface area contributed by atoms with Gasteiger partial charge in [-0.25, -0.2) is 0 Å². The van der Waals surface area contributed by atoms with Crippen molar-refractivity contribution in [2.24, 2.45) is 11.3 Å². The summed E-state index contributed by atoms with van der Waals surface area (Å²) in [7, 11) is 0. The van der Waals surface area contributed by atoms with Gasteiger partial charge in [0.25, 0.3) is 0 Å². The van der Waals surface area contributed by atoms with E-state index in [0.717, 1.165) is 6.54 Å². The quantitative estimate of drug-likeness (QED) is 0.815. The van der Waals surface area contributed by atoms with Gasteiger partial charge in [0.15, 0.2) is 0 Å². The molecule has 0 saturated carbocycles. The van der Waals surface area contributed by atoms with Crippen LogP contribution in [0.3, 0.4) is 0 Å². The summed E-state index contributed by atoms with van der Waals surface area (Å²) < 4.78 is 0. The summed E-state index contributed by atoms with van der Waals surface area (Å²) in [6.07, 6.45) is 0. The van der Waals surface area contributed by atoms with Crippen molar-refractivity contribution >= 4 is 0 Å². The van der Waals surface area contributed by atoms with Crippen molar-refractivity contribution in [1.29, 1.82) is 0 Å². The molecule has 96 valence electrons. The molecule has 1 aromatic carbocycles. The molecule has 0 aliphatic heterocycles. The van der Waals surface area contributed by atoms with Crippen molar-refractivity contribution in [3.63, 3.8) is 0 Å². The van der Waals surface area contributed by atoms with Crippen molar-refractivity contribution in [3.8, 4) is 5.75 Å². The third-order valence-electron chi connectivity index (χ3n) is 3.82. The number of aromatic hydroxyl groups is 1. The summed E-state index contributed by atoms with van der Waals surface area (Å²) in [5, 5.41) is 12.8. The van der Waals surface area contributed by atoms with Crippen LogP contribution in [0.25, 0.3) is 0 Å². The van der Waals surface area contributed by atoms with E-state index in [0.29, 0.717) is 23.1 Å².